The molecule has 0 heterocycles. The van der Waals surface area contributed by atoms with Gasteiger partial charge in [0.05, 0.1) is 17.3 Å². The number of methoxy groups -OCH3 is 1. The van der Waals surface area contributed by atoms with Gasteiger partial charge in [-0.3, -0.25) is 4.79 Å². The van der Waals surface area contributed by atoms with E-state index in [1.165, 1.54) is 19.2 Å². The molecule has 0 spiro atoms. The molecule has 2 aromatic carbocycles. The number of nitrogens with zero attached hydrogens (tertiary/aromatic N) is 1. The average molecular weight is 349 g/mol. The second-order valence-electron chi connectivity index (χ2n) is 4.08. The highest BCUT2D eigenvalue weighted by molar-refractivity contribution is 9.10. The molecular weight excluding hydrogens is 339 g/mol. The fourth-order valence-corrected chi connectivity index (χ4v) is 2.28. The van der Waals surface area contributed by atoms with Crippen LogP contribution in [0.4, 0.5) is 10.1 Å². The summed E-state index contributed by atoms with van der Waals surface area (Å²) in [5.41, 5.74) is 0.295. The van der Waals surface area contributed by atoms with Crippen molar-refractivity contribution < 1.29 is 13.9 Å². The van der Waals surface area contributed by atoms with E-state index in [2.05, 4.69) is 21.2 Å². The number of halogens is 2. The predicted octanol–water partition coefficient (Wildman–Crippen LogP) is 3.72. The lowest BCUT2D eigenvalue weighted by Crippen LogP contribution is -2.13. The smallest absolute Gasteiger partial charge is 0.255 e. The Labute approximate surface area is 129 Å². The van der Waals surface area contributed by atoms with Gasteiger partial charge in [-0.2, -0.15) is 5.26 Å². The highest BCUT2D eigenvalue weighted by atomic mass is 79.9. The van der Waals surface area contributed by atoms with Crippen LogP contribution in [-0.2, 0) is 0 Å². The summed E-state index contributed by atoms with van der Waals surface area (Å²) in [5, 5.41) is 11.4. The normalized spacial score (nSPS) is 9.81. The molecule has 0 atom stereocenters. The maximum absolute atomic E-state index is 13.5. The first-order valence-electron chi connectivity index (χ1n) is 5.90. The molecule has 0 saturated heterocycles. The summed E-state index contributed by atoms with van der Waals surface area (Å²) in [4.78, 5) is 12.1. The quantitative estimate of drug-likeness (QED) is 0.919. The van der Waals surface area contributed by atoms with Crippen molar-refractivity contribution in [3.8, 4) is 11.8 Å². The molecule has 2 aromatic rings. The molecule has 106 valence electrons. The van der Waals surface area contributed by atoms with Crippen molar-refractivity contribution in [1.82, 2.24) is 0 Å². The van der Waals surface area contributed by atoms with Gasteiger partial charge in [-0.05, 0) is 46.3 Å². The van der Waals surface area contributed by atoms with Crippen molar-refractivity contribution in [3.63, 3.8) is 0 Å². The SMILES string of the molecule is COc1ccc(C(=O)Nc2cccc(F)c2C#N)cc1Br. The van der Waals surface area contributed by atoms with E-state index in [0.29, 0.717) is 15.8 Å². The molecule has 0 bridgehead atoms. The van der Waals surface area contributed by atoms with Crippen LogP contribution in [-0.4, -0.2) is 13.0 Å². The molecule has 2 rings (SSSR count). The Morgan fingerprint density at radius 1 is 1.38 bits per heavy atom. The molecule has 0 aromatic heterocycles. The fraction of sp³-hybridized carbons (Fsp3) is 0.0667. The van der Waals surface area contributed by atoms with Crippen molar-refractivity contribution in [2.24, 2.45) is 0 Å². The Morgan fingerprint density at radius 3 is 2.76 bits per heavy atom. The number of hydrogen-bond acceptors (Lipinski definition) is 3. The fourth-order valence-electron chi connectivity index (χ4n) is 1.74. The Morgan fingerprint density at radius 2 is 2.14 bits per heavy atom. The van der Waals surface area contributed by atoms with Crippen molar-refractivity contribution in [1.29, 1.82) is 5.26 Å². The third-order valence-electron chi connectivity index (χ3n) is 2.79. The van der Waals surface area contributed by atoms with Crippen LogP contribution in [0.3, 0.4) is 0 Å². The van der Waals surface area contributed by atoms with Gasteiger partial charge in [0.15, 0.2) is 0 Å². The van der Waals surface area contributed by atoms with Gasteiger partial charge in [-0.15, -0.1) is 0 Å². The standard InChI is InChI=1S/C15H10BrFN2O2/c1-21-14-6-5-9(7-11(14)16)15(20)19-13-4-2-3-12(17)10(13)8-18/h2-7H,1H3,(H,19,20). The molecule has 0 unspecified atom stereocenters. The number of ether oxygens (including phenoxy) is 1. The van der Waals surface area contributed by atoms with Gasteiger partial charge in [-0.1, -0.05) is 6.07 Å². The molecule has 0 saturated carbocycles. The van der Waals surface area contributed by atoms with Crippen LogP contribution in [0.1, 0.15) is 15.9 Å². The first kappa shape index (κ1) is 15.0. The van der Waals surface area contributed by atoms with Crippen LogP contribution in [0.15, 0.2) is 40.9 Å². The minimum atomic E-state index is -0.675. The number of hydrogen-bond donors (Lipinski definition) is 1. The Balaban J connectivity index is 2.29. The van der Waals surface area contributed by atoms with E-state index >= 15 is 0 Å². The molecule has 6 heteroatoms. The van der Waals surface area contributed by atoms with E-state index < -0.39 is 11.7 Å². The second-order valence-corrected chi connectivity index (χ2v) is 4.93. The maximum Gasteiger partial charge on any atom is 0.255 e. The molecule has 0 radical (unpaired) electrons. The average Bonchev–Trinajstić information content (AvgIpc) is 2.47. The number of benzene rings is 2. The second kappa shape index (κ2) is 6.37. The number of anilines is 1. The lowest BCUT2D eigenvalue weighted by molar-refractivity contribution is 0.102. The Hall–Kier alpha value is -2.39. The zero-order valence-corrected chi connectivity index (χ0v) is 12.6. The molecule has 1 N–H and O–H groups in total. The van der Waals surface area contributed by atoms with E-state index in [4.69, 9.17) is 10.00 Å². The molecule has 1 amide bonds. The van der Waals surface area contributed by atoms with E-state index in [-0.39, 0.29) is 11.3 Å². The monoisotopic (exact) mass is 348 g/mol. The summed E-state index contributed by atoms with van der Waals surface area (Å²) < 4.78 is 19.2. The molecule has 4 nitrogen and oxygen atoms in total. The van der Waals surface area contributed by atoms with Crippen molar-refractivity contribution in [2.75, 3.05) is 12.4 Å². The van der Waals surface area contributed by atoms with Crippen LogP contribution < -0.4 is 10.1 Å². The van der Waals surface area contributed by atoms with Gasteiger partial charge < -0.3 is 10.1 Å². The number of carbonyl (C=O) groups is 1. The van der Waals surface area contributed by atoms with Crippen molar-refractivity contribution >= 4 is 27.5 Å². The van der Waals surface area contributed by atoms with Gasteiger partial charge >= 0.3 is 0 Å². The van der Waals surface area contributed by atoms with Gasteiger partial charge in [0.25, 0.3) is 5.91 Å². The number of nitriles is 1. The number of carbonyl (C=O) groups excluding carboxylic acids is 1. The summed E-state index contributed by atoms with van der Waals surface area (Å²) >= 11 is 3.28. The van der Waals surface area contributed by atoms with Gasteiger partial charge in [0.1, 0.15) is 23.2 Å². The number of rotatable bonds is 3. The Kier molecular flexibility index (Phi) is 4.55. The molecule has 0 fully saturated rings. The van der Waals surface area contributed by atoms with E-state index in [1.807, 2.05) is 0 Å². The van der Waals surface area contributed by atoms with Gasteiger partial charge in [0.2, 0.25) is 0 Å². The summed E-state index contributed by atoms with van der Waals surface area (Å²) in [5.74, 6) is -0.526. The summed E-state index contributed by atoms with van der Waals surface area (Å²) in [6.45, 7) is 0. The molecule has 0 aliphatic carbocycles. The van der Waals surface area contributed by atoms with Crippen LogP contribution in [0, 0.1) is 17.1 Å². The third-order valence-corrected chi connectivity index (χ3v) is 3.41. The first-order valence-corrected chi connectivity index (χ1v) is 6.69. The zero-order valence-electron chi connectivity index (χ0n) is 11.0. The van der Waals surface area contributed by atoms with Crippen LogP contribution in [0.25, 0.3) is 0 Å². The van der Waals surface area contributed by atoms with Gasteiger partial charge in [-0.25, -0.2) is 4.39 Å². The van der Waals surface area contributed by atoms with Crippen molar-refractivity contribution in [3.05, 3.63) is 57.8 Å². The molecule has 0 aliphatic heterocycles. The summed E-state index contributed by atoms with van der Waals surface area (Å²) in [6, 6.07) is 10.6. The minimum Gasteiger partial charge on any atom is -0.496 e. The highest BCUT2D eigenvalue weighted by Gasteiger charge is 2.13. The lowest BCUT2D eigenvalue weighted by atomic mass is 10.1. The zero-order chi connectivity index (χ0) is 15.4. The first-order chi connectivity index (χ1) is 10.1. The number of amides is 1. The maximum atomic E-state index is 13.5. The van der Waals surface area contributed by atoms with E-state index in [1.54, 1.807) is 24.3 Å². The number of nitrogens with one attached hydrogen (secondary N) is 1. The van der Waals surface area contributed by atoms with Crippen molar-refractivity contribution in [2.45, 2.75) is 0 Å². The lowest BCUT2D eigenvalue weighted by Gasteiger charge is -2.09. The van der Waals surface area contributed by atoms with E-state index in [0.717, 1.165) is 6.07 Å². The largest absolute Gasteiger partial charge is 0.496 e. The molecule has 21 heavy (non-hydrogen) atoms. The van der Waals surface area contributed by atoms with Crippen LogP contribution >= 0.6 is 15.9 Å². The predicted molar refractivity (Wildman–Crippen MR) is 79.8 cm³/mol. The van der Waals surface area contributed by atoms with Gasteiger partial charge in [0, 0.05) is 5.56 Å². The minimum absolute atomic E-state index is 0.134. The Bertz CT molecular complexity index is 741. The molecular formula is C15H10BrFN2O2. The summed E-state index contributed by atoms with van der Waals surface area (Å²) in [7, 11) is 1.52. The van der Waals surface area contributed by atoms with E-state index in [9.17, 15) is 9.18 Å². The van der Waals surface area contributed by atoms with Crippen LogP contribution in [0.2, 0.25) is 0 Å². The topological polar surface area (TPSA) is 62.1 Å². The molecule has 0 aliphatic rings. The van der Waals surface area contributed by atoms with Crippen LogP contribution in [0.5, 0.6) is 5.75 Å². The highest BCUT2D eigenvalue weighted by Crippen LogP contribution is 2.26. The third kappa shape index (κ3) is 3.20. The summed E-state index contributed by atoms with van der Waals surface area (Å²) in [6.07, 6.45) is 0.